The highest BCUT2D eigenvalue weighted by atomic mass is 16.5. The van der Waals surface area contributed by atoms with E-state index in [0.29, 0.717) is 47.9 Å². The summed E-state index contributed by atoms with van der Waals surface area (Å²) >= 11 is 0. The van der Waals surface area contributed by atoms with Crippen molar-refractivity contribution in [3.63, 3.8) is 0 Å². The summed E-state index contributed by atoms with van der Waals surface area (Å²) in [5.74, 6) is 2.02. The molecular weight excluding hydrogens is 614 g/mol. The quantitative estimate of drug-likeness (QED) is 0.117. The molecule has 5 aromatic rings. The van der Waals surface area contributed by atoms with Gasteiger partial charge in [-0.25, -0.2) is 9.78 Å². The first-order valence-electron chi connectivity index (χ1n) is 16.9. The van der Waals surface area contributed by atoms with E-state index in [1.54, 1.807) is 23.2 Å². The van der Waals surface area contributed by atoms with Crippen LogP contribution in [0.2, 0.25) is 0 Å². The Morgan fingerprint density at radius 1 is 0.959 bits per heavy atom. The van der Waals surface area contributed by atoms with E-state index in [0.717, 1.165) is 35.4 Å². The first-order valence-corrected chi connectivity index (χ1v) is 16.9. The number of imidazole rings is 1. The van der Waals surface area contributed by atoms with Gasteiger partial charge in [-0.05, 0) is 66.6 Å². The van der Waals surface area contributed by atoms with E-state index < -0.39 is 6.03 Å². The van der Waals surface area contributed by atoms with Crippen molar-refractivity contribution in [3.8, 4) is 22.6 Å². The molecule has 49 heavy (non-hydrogen) atoms. The Labute approximate surface area is 288 Å². The molecule has 3 aromatic carbocycles. The molecule has 0 atom stereocenters. The molecule has 2 amide bonds. The summed E-state index contributed by atoms with van der Waals surface area (Å²) in [5, 5.41) is 6.00. The summed E-state index contributed by atoms with van der Waals surface area (Å²) in [6.45, 7) is 13.2. The highest BCUT2D eigenvalue weighted by molar-refractivity contribution is 6.03. The zero-order chi connectivity index (χ0) is 35.0. The number of unbranched alkanes of at least 4 members (excludes halogenated alkanes) is 1. The Hall–Kier alpha value is -5.31. The molecule has 0 aliphatic heterocycles. The molecule has 0 aliphatic carbocycles. The van der Waals surface area contributed by atoms with Crippen molar-refractivity contribution in [1.82, 2.24) is 14.5 Å². The van der Waals surface area contributed by atoms with Gasteiger partial charge in [-0.3, -0.25) is 4.79 Å². The number of nitrogens with zero attached hydrogens (tertiary/aromatic N) is 2. The lowest BCUT2D eigenvalue weighted by Gasteiger charge is -2.24. The van der Waals surface area contributed by atoms with Crippen LogP contribution in [0, 0.1) is 0 Å². The van der Waals surface area contributed by atoms with Crippen molar-refractivity contribution in [2.24, 2.45) is 0 Å². The number of benzene rings is 3. The monoisotopic (exact) mass is 661 g/mol. The van der Waals surface area contributed by atoms with Crippen LogP contribution in [-0.2, 0) is 25.0 Å². The fraction of sp³-hybridized carbons (Fsp3) is 0.325. The SMILES string of the molecule is CCCCn1ccc(-c2ccc(OCc3ccccc3)cc2OC(C)C)c(NC(=O)Nc2cc(Cc3ncc[nH]3)ccc2C(C)(C)C)c1=O. The number of nitrogens with one attached hydrogen (secondary N) is 3. The minimum Gasteiger partial charge on any atom is -0.490 e. The molecule has 9 heteroatoms. The molecule has 0 saturated carbocycles. The first kappa shape index (κ1) is 35.0. The number of carbonyl (C=O) groups excluding carboxylic acids is 1. The molecule has 5 rings (SSSR count). The van der Waals surface area contributed by atoms with Crippen LogP contribution in [0.1, 0.15) is 76.9 Å². The Balaban J connectivity index is 1.50. The van der Waals surface area contributed by atoms with E-state index in [4.69, 9.17) is 9.47 Å². The van der Waals surface area contributed by atoms with Gasteiger partial charge >= 0.3 is 6.03 Å². The first-order chi connectivity index (χ1) is 23.5. The third kappa shape index (κ3) is 9.19. The highest BCUT2D eigenvalue weighted by Crippen LogP contribution is 2.38. The minimum absolute atomic E-state index is 0.142. The van der Waals surface area contributed by atoms with E-state index in [2.05, 4.69) is 54.4 Å². The number of aromatic amines is 1. The second-order valence-corrected chi connectivity index (χ2v) is 13.5. The molecule has 2 heterocycles. The van der Waals surface area contributed by atoms with Gasteiger partial charge in [0.1, 0.15) is 29.6 Å². The molecule has 0 spiro atoms. The second-order valence-electron chi connectivity index (χ2n) is 13.5. The van der Waals surface area contributed by atoms with Gasteiger partial charge in [0, 0.05) is 54.4 Å². The number of carbonyl (C=O) groups is 1. The zero-order valence-corrected chi connectivity index (χ0v) is 29.3. The number of urea groups is 1. The van der Waals surface area contributed by atoms with Crippen LogP contribution < -0.4 is 25.7 Å². The van der Waals surface area contributed by atoms with Crippen molar-refractivity contribution >= 4 is 17.4 Å². The van der Waals surface area contributed by atoms with Crippen molar-refractivity contribution in [2.45, 2.75) is 85.5 Å². The predicted octanol–water partition coefficient (Wildman–Crippen LogP) is 8.94. The van der Waals surface area contributed by atoms with Crippen LogP contribution >= 0.6 is 0 Å². The van der Waals surface area contributed by atoms with E-state index >= 15 is 0 Å². The summed E-state index contributed by atoms with van der Waals surface area (Å²) in [4.78, 5) is 35.4. The van der Waals surface area contributed by atoms with Crippen LogP contribution in [0.4, 0.5) is 16.2 Å². The molecule has 0 bridgehead atoms. The minimum atomic E-state index is -0.513. The van der Waals surface area contributed by atoms with Gasteiger partial charge < -0.3 is 29.7 Å². The van der Waals surface area contributed by atoms with Crippen molar-refractivity contribution < 1.29 is 14.3 Å². The number of hydrogen-bond donors (Lipinski definition) is 3. The summed E-state index contributed by atoms with van der Waals surface area (Å²) in [6.07, 6.45) is 7.50. The number of anilines is 2. The molecule has 256 valence electrons. The smallest absolute Gasteiger partial charge is 0.323 e. The lowest BCUT2D eigenvalue weighted by molar-refractivity contribution is 0.240. The Morgan fingerprint density at radius 2 is 1.76 bits per heavy atom. The lowest BCUT2D eigenvalue weighted by atomic mass is 9.85. The summed E-state index contributed by atoms with van der Waals surface area (Å²) < 4.78 is 14.0. The third-order valence-corrected chi connectivity index (χ3v) is 8.08. The van der Waals surface area contributed by atoms with Crippen LogP contribution in [0.5, 0.6) is 11.5 Å². The van der Waals surface area contributed by atoms with Crippen molar-refractivity contribution in [2.75, 3.05) is 10.6 Å². The largest absolute Gasteiger partial charge is 0.490 e. The van der Waals surface area contributed by atoms with E-state index in [1.165, 1.54) is 0 Å². The summed E-state index contributed by atoms with van der Waals surface area (Å²) in [7, 11) is 0. The second kappa shape index (κ2) is 15.7. The van der Waals surface area contributed by atoms with E-state index in [9.17, 15) is 9.59 Å². The molecule has 0 aliphatic rings. The van der Waals surface area contributed by atoms with E-state index in [1.807, 2.05) is 80.6 Å². The number of ether oxygens (including phenoxy) is 2. The van der Waals surface area contributed by atoms with Crippen LogP contribution in [0.25, 0.3) is 11.1 Å². The number of pyridine rings is 1. The third-order valence-electron chi connectivity index (χ3n) is 8.08. The van der Waals surface area contributed by atoms with Gasteiger partial charge in [-0.1, -0.05) is 76.6 Å². The zero-order valence-electron chi connectivity index (χ0n) is 29.3. The van der Waals surface area contributed by atoms with Gasteiger partial charge in [0.25, 0.3) is 5.56 Å². The Morgan fingerprint density at radius 3 is 2.45 bits per heavy atom. The molecule has 9 nitrogen and oxygen atoms in total. The lowest BCUT2D eigenvalue weighted by Crippen LogP contribution is -2.29. The topological polar surface area (TPSA) is 110 Å². The number of rotatable bonds is 13. The Bertz CT molecular complexity index is 1910. The number of H-pyrrole nitrogens is 1. The average Bonchev–Trinajstić information content (AvgIpc) is 3.57. The van der Waals surface area contributed by atoms with Gasteiger partial charge in [-0.15, -0.1) is 0 Å². The fourth-order valence-corrected chi connectivity index (χ4v) is 5.65. The number of aromatic nitrogens is 3. The normalized spacial score (nSPS) is 11.4. The molecule has 0 fully saturated rings. The average molecular weight is 662 g/mol. The number of hydrogen-bond acceptors (Lipinski definition) is 5. The molecule has 0 radical (unpaired) electrons. The molecule has 3 N–H and O–H groups in total. The highest BCUT2D eigenvalue weighted by Gasteiger charge is 2.23. The molecular formula is C40H47N5O4. The standard InChI is InChI=1S/C40H47N5O4/c1-7-8-21-45-22-18-32(31-16-15-30(25-35(31)49-27(2)3)48-26-28-12-10-9-11-13-28)37(38(45)46)44-39(47)43-34-23-29(24-36-41-19-20-42-36)14-17-33(34)40(4,5)6/h9-20,22-23,25,27H,7-8,21,24,26H2,1-6H3,(H,41,42)(H2,43,44,47). The maximum atomic E-state index is 14.0. The number of aryl methyl sites for hydroxylation is 1. The van der Waals surface area contributed by atoms with Gasteiger partial charge in [0.15, 0.2) is 0 Å². The predicted molar refractivity (Wildman–Crippen MR) is 197 cm³/mol. The van der Waals surface area contributed by atoms with Crippen LogP contribution in [-0.4, -0.2) is 26.7 Å². The molecule has 0 unspecified atom stereocenters. The van der Waals surface area contributed by atoms with Gasteiger partial charge in [0.2, 0.25) is 0 Å². The van der Waals surface area contributed by atoms with Crippen LogP contribution in [0.3, 0.4) is 0 Å². The molecule has 2 aromatic heterocycles. The summed E-state index contributed by atoms with van der Waals surface area (Å²) in [6, 6.07) is 22.9. The maximum Gasteiger partial charge on any atom is 0.323 e. The van der Waals surface area contributed by atoms with Crippen LogP contribution in [0.15, 0.2) is 96.2 Å². The Kier molecular flexibility index (Phi) is 11.2. The fourth-order valence-electron chi connectivity index (χ4n) is 5.65. The molecule has 0 saturated heterocycles. The maximum absolute atomic E-state index is 14.0. The van der Waals surface area contributed by atoms with E-state index in [-0.39, 0.29) is 22.8 Å². The van der Waals surface area contributed by atoms with Crippen molar-refractivity contribution in [1.29, 1.82) is 0 Å². The number of amides is 2. The van der Waals surface area contributed by atoms with Gasteiger partial charge in [0.05, 0.1) is 6.10 Å². The van der Waals surface area contributed by atoms with Gasteiger partial charge in [-0.2, -0.15) is 0 Å². The summed E-state index contributed by atoms with van der Waals surface area (Å²) in [5.41, 5.74) is 4.55. The van der Waals surface area contributed by atoms with Crippen molar-refractivity contribution in [3.05, 3.63) is 124 Å².